The average Bonchev–Trinajstić information content (AvgIpc) is 2.57. The number of hydrogen-bond acceptors (Lipinski definition) is 4. The van der Waals surface area contributed by atoms with Crippen molar-refractivity contribution in [1.29, 1.82) is 0 Å². The minimum Gasteiger partial charge on any atom is -0.338 e. The highest BCUT2D eigenvalue weighted by Gasteiger charge is 2.34. The van der Waals surface area contributed by atoms with Crippen LogP contribution in [0.2, 0.25) is 5.02 Å². The van der Waals surface area contributed by atoms with Gasteiger partial charge < -0.3 is 10.2 Å². The molecular formula is C16H16ClF3N4O. The fourth-order valence-electron chi connectivity index (χ4n) is 2.18. The molecule has 0 aliphatic heterocycles. The van der Waals surface area contributed by atoms with Crippen LogP contribution in [0.3, 0.4) is 0 Å². The number of aromatic nitrogens is 2. The Labute approximate surface area is 147 Å². The van der Waals surface area contributed by atoms with Gasteiger partial charge in [-0.15, -0.1) is 10.2 Å². The molecule has 2 aromatic rings. The standard InChI is InChI=1S/C16H16ClF3N4O/c1-3-24(4-2)15(25)13-7-8-14(23-22-13)21-12-6-5-10(17)9-11(12)16(18,19)20/h5-9H,3-4H2,1-2H3,(H,21,23). The molecule has 0 atom stereocenters. The first-order chi connectivity index (χ1) is 11.8. The maximum Gasteiger partial charge on any atom is 0.418 e. The van der Waals surface area contributed by atoms with Gasteiger partial charge in [0, 0.05) is 18.1 Å². The topological polar surface area (TPSA) is 58.1 Å². The molecule has 1 heterocycles. The van der Waals surface area contributed by atoms with Gasteiger partial charge in [-0.2, -0.15) is 13.2 Å². The first kappa shape index (κ1) is 19.0. The highest BCUT2D eigenvalue weighted by Crippen LogP contribution is 2.37. The number of nitrogens with zero attached hydrogens (tertiary/aromatic N) is 3. The molecule has 5 nitrogen and oxygen atoms in total. The summed E-state index contributed by atoms with van der Waals surface area (Å²) in [5.41, 5.74) is -0.986. The van der Waals surface area contributed by atoms with Gasteiger partial charge in [0.1, 0.15) is 0 Å². The van der Waals surface area contributed by atoms with Gasteiger partial charge in [-0.1, -0.05) is 11.6 Å². The largest absolute Gasteiger partial charge is 0.418 e. The summed E-state index contributed by atoms with van der Waals surface area (Å²) in [6, 6.07) is 6.19. The van der Waals surface area contributed by atoms with E-state index in [4.69, 9.17) is 11.6 Å². The van der Waals surface area contributed by atoms with Gasteiger partial charge in [0.25, 0.3) is 5.91 Å². The Morgan fingerprint density at radius 2 is 1.84 bits per heavy atom. The van der Waals surface area contributed by atoms with Crippen LogP contribution in [0.5, 0.6) is 0 Å². The molecule has 2 rings (SSSR count). The summed E-state index contributed by atoms with van der Waals surface area (Å²) in [5, 5.41) is 10.1. The van der Waals surface area contributed by atoms with Gasteiger partial charge in [0.15, 0.2) is 11.5 Å². The first-order valence-electron chi connectivity index (χ1n) is 7.53. The van der Waals surface area contributed by atoms with E-state index in [1.54, 1.807) is 4.90 Å². The smallest absolute Gasteiger partial charge is 0.338 e. The Morgan fingerprint density at radius 3 is 2.36 bits per heavy atom. The highest BCUT2D eigenvalue weighted by molar-refractivity contribution is 6.30. The molecule has 0 unspecified atom stereocenters. The maximum atomic E-state index is 13.1. The second kappa shape index (κ2) is 7.69. The molecule has 1 amide bonds. The predicted octanol–water partition coefficient (Wildman–Crippen LogP) is 4.37. The number of amides is 1. The fraction of sp³-hybridized carbons (Fsp3) is 0.312. The van der Waals surface area contributed by atoms with Crippen molar-refractivity contribution < 1.29 is 18.0 Å². The molecule has 0 aliphatic rings. The zero-order valence-corrected chi connectivity index (χ0v) is 14.3. The molecule has 0 spiro atoms. The van der Waals surface area contributed by atoms with Crippen molar-refractivity contribution in [2.24, 2.45) is 0 Å². The molecule has 0 aliphatic carbocycles. The molecule has 1 N–H and O–H groups in total. The van der Waals surface area contributed by atoms with Crippen LogP contribution < -0.4 is 5.32 Å². The van der Waals surface area contributed by atoms with Crippen molar-refractivity contribution in [3.05, 3.63) is 46.6 Å². The molecule has 0 saturated heterocycles. The molecule has 0 bridgehead atoms. The van der Waals surface area contributed by atoms with Crippen LogP contribution in [0.25, 0.3) is 0 Å². The van der Waals surface area contributed by atoms with Gasteiger partial charge in [-0.3, -0.25) is 4.79 Å². The summed E-state index contributed by atoms with van der Waals surface area (Å²) in [4.78, 5) is 13.7. The van der Waals surface area contributed by atoms with Crippen molar-refractivity contribution in [2.45, 2.75) is 20.0 Å². The van der Waals surface area contributed by atoms with Crippen LogP contribution in [0, 0.1) is 0 Å². The highest BCUT2D eigenvalue weighted by atomic mass is 35.5. The zero-order valence-electron chi connectivity index (χ0n) is 13.6. The monoisotopic (exact) mass is 372 g/mol. The Balaban J connectivity index is 2.24. The van der Waals surface area contributed by atoms with Crippen LogP contribution >= 0.6 is 11.6 Å². The number of carbonyl (C=O) groups is 1. The van der Waals surface area contributed by atoms with Crippen molar-refractivity contribution in [1.82, 2.24) is 15.1 Å². The molecule has 1 aromatic heterocycles. The SMILES string of the molecule is CCN(CC)C(=O)c1ccc(Nc2ccc(Cl)cc2C(F)(F)F)nn1. The Kier molecular flexibility index (Phi) is 5.84. The van der Waals surface area contributed by atoms with E-state index in [1.807, 2.05) is 13.8 Å². The Morgan fingerprint density at radius 1 is 1.16 bits per heavy atom. The lowest BCUT2D eigenvalue weighted by Crippen LogP contribution is -2.31. The third kappa shape index (κ3) is 4.60. The normalized spacial score (nSPS) is 11.3. The van der Waals surface area contributed by atoms with Crippen LogP contribution in [0.4, 0.5) is 24.7 Å². The minimum atomic E-state index is -4.57. The summed E-state index contributed by atoms with van der Waals surface area (Å²) in [5.74, 6) is -0.199. The van der Waals surface area contributed by atoms with Gasteiger partial charge >= 0.3 is 6.18 Å². The third-order valence-corrected chi connectivity index (χ3v) is 3.72. The Hall–Kier alpha value is -2.35. The van der Waals surface area contributed by atoms with Gasteiger partial charge in [-0.25, -0.2) is 0 Å². The van der Waals surface area contributed by atoms with Crippen molar-refractivity contribution in [2.75, 3.05) is 18.4 Å². The molecular weight excluding hydrogens is 357 g/mol. The average molecular weight is 373 g/mol. The summed E-state index contributed by atoms with van der Waals surface area (Å²) in [7, 11) is 0. The third-order valence-electron chi connectivity index (χ3n) is 3.48. The first-order valence-corrected chi connectivity index (χ1v) is 7.90. The lowest BCUT2D eigenvalue weighted by molar-refractivity contribution is -0.136. The number of alkyl halides is 3. The zero-order chi connectivity index (χ0) is 18.6. The van der Waals surface area contributed by atoms with E-state index >= 15 is 0 Å². The van der Waals surface area contributed by atoms with E-state index in [1.165, 1.54) is 24.3 Å². The van der Waals surface area contributed by atoms with E-state index in [9.17, 15) is 18.0 Å². The lowest BCUT2D eigenvalue weighted by Gasteiger charge is -2.18. The van der Waals surface area contributed by atoms with Crippen LogP contribution in [0.1, 0.15) is 29.9 Å². The van der Waals surface area contributed by atoms with Crippen LogP contribution in [-0.2, 0) is 6.18 Å². The van der Waals surface area contributed by atoms with Crippen molar-refractivity contribution in [3.8, 4) is 0 Å². The van der Waals surface area contributed by atoms with Crippen molar-refractivity contribution in [3.63, 3.8) is 0 Å². The second-order valence-electron chi connectivity index (χ2n) is 5.09. The number of rotatable bonds is 5. The number of benzene rings is 1. The molecule has 134 valence electrons. The number of hydrogen-bond donors (Lipinski definition) is 1. The molecule has 25 heavy (non-hydrogen) atoms. The van der Waals surface area contributed by atoms with E-state index in [0.717, 1.165) is 6.07 Å². The second-order valence-corrected chi connectivity index (χ2v) is 5.53. The molecule has 9 heteroatoms. The number of carbonyl (C=O) groups excluding carboxylic acids is 1. The minimum absolute atomic E-state index is 0.0240. The van der Waals surface area contributed by atoms with E-state index in [0.29, 0.717) is 13.1 Å². The van der Waals surface area contributed by atoms with Gasteiger partial charge in [0.2, 0.25) is 0 Å². The summed E-state index contributed by atoms with van der Waals surface area (Å²) >= 11 is 5.64. The quantitative estimate of drug-likeness (QED) is 0.846. The molecule has 1 aromatic carbocycles. The van der Waals surface area contributed by atoms with Crippen LogP contribution in [0.15, 0.2) is 30.3 Å². The summed E-state index contributed by atoms with van der Waals surface area (Å²) in [6.45, 7) is 4.72. The Bertz CT molecular complexity index is 746. The summed E-state index contributed by atoms with van der Waals surface area (Å²) < 4.78 is 39.2. The maximum absolute atomic E-state index is 13.1. The lowest BCUT2D eigenvalue weighted by atomic mass is 10.1. The number of anilines is 2. The van der Waals surface area contributed by atoms with E-state index < -0.39 is 11.7 Å². The van der Waals surface area contributed by atoms with Crippen molar-refractivity contribution >= 4 is 29.0 Å². The van der Waals surface area contributed by atoms with E-state index in [2.05, 4.69) is 15.5 Å². The van der Waals surface area contributed by atoms with E-state index in [-0.39, 0.29) is 28.1 Å². The number of nitrogens with one attached hydrogen (secondary N) is 1. The predicted molar refractivity (Wildman–Crippen MR) is 89.0 cm³/mol. The molecule has 0 saturated carbocycles. The molecule has 0 fully saturated rings. The van der Waals surface area contributed by atoms with Gasteiger partial charge in [0.05, 0.1) is 11.3 Å². The van der Waals surface area contributed by atoms with Crippen LogP contribution in [-0.4, -0.2) is 34.1 Å². The summed E-state index contributed by atoms with van der Waals surface area (Å²) in [6.07, 6.45) is -4.57. The molecule has 0 radical (unpaired) electrons. The van der Waals surface area contributed by atoms with Gasteiger partial charge in [-0.05, 0) is 44.2 Å². The fourth-order valence-corrected chi connectivity index (χ4v) is 2.36. The number of halogens is 4.